The van der Waals surface area contributed by atoms with Crippen LogP contribution in [0.1, 0.15) is 37.5 Å². The molecule has 0 radical (unpaired) electrons. The number of hydrogen-bond acceptors (Lipinski definition) is 1. The molecule has 31 heavy (non-hydrogen) atoms. The first kappa shape index (κ1) is 20.9. The zero-order chi connectivity index (χ0) is 22.0. The standard InChI is InChI=1S/C30H31N/c1-22-9-15-27(16-10-22)31(28-17-11-23(2)12-18-28)29-19-13-24(14-20-29)25-7-6-8-26(21-25)30(3,4)5/h6-21H,1-5H3. The quantitative estimate of drug-likeness (QED) is 0.328. The molecule has 0 aliphatic heterocycles. The average molecular weight is 406 g/mol. The highest BCUT2D eigenvalue weighted by Crippen LogP contribution is 2.36. The van der Waals surface area contributed by atoms with E-state index >= 15 is 0 Å². The van der Waals surface area contributed by atoms with Crippen molar-refractivity contribution >= 4 is 17.1 Å². The molecule has 4 aromatic carbocycles. The summed E-state index contributed by atoms with van der Waals surface area (Å²) >= 11 is 0. The van der Waals surface area contributed by atoms with Gasteiger partial charge in [0.05, 0.1) is 0 Å². The van der Waals surface area contributed by atoms with Gasteiger partial charge < -0.3 is 4.90 Å². The highest BCUT2D eigenvalue weighted by molar-refractivity contribution is 5.78. The van der Waals surface area contributed by atoms with Gasteiger partial charge in [-0.2, -0.15) is 0 Å². The first-order valence-corrected chi connectivity index (χ1v) is 11.0. The summed E-state index contributed by atoms with van der Waals surface area (Å²) in [6, 6.07) is 35.2. The van der Waals surface area contributed by atoms with Crippen molar-refractivity contribution in [2.45, 2.75) is 40.0 Å². The minimum Gasteiger partial charge on any atom is -0.311 e. The summed E-state index contributed by atoms with van der Waals surface area (Å²) in [6.45, 7) is 11.0. The molecule has 0 fully saturated rings. The van der Waals surface area contributed by atoms with Gasteiger partial charge >= 0.3 is 0 Å². The Morgan fingerprint density at radius 3 is 1.42 bits per heavy atom. The number of anilines is 3. The molecule has 0 aliphatic rings. The van der Waals surface area contributed by atoms with E-state index in [-0.39, 0.29) is 5.41 Å². The van der Waals surface area contributed by atoms with Gasteiger partial charge in [0.2, 0.25) is 0 Å². The van der Waals surface area contributed by atoms with Crippen molar-refractivity contribution in [3.8, 4) is 11.1 Å². The molecule has 0 aromatic heterocycles. The minimum atomic E-state index is 0.142. The fourth-order valence-corrected chi connectivity index (χ4v) is 3.80. The molecule has 0 spiro atoms. The van der Waals surface area contributed by atoms with Crippen LogP contribution in [0.4, 0.5) is 17.1 Å². The molecule has 0 bridgehead atoms. The van der Waals surface area contributed by atoms with E-state index in [1.54, 1.807) is 0 Å². The Labute approximate surface area is 187 Å². The third-order valence-electron chi connectivity index (χ3n) is 5.77. The van der Waals surface area contributed by atoms with E-state index in [1.807, 2.05) is 0 Å². The number of nitrogens with zero attached hydrogens (tertiary/aromatic N) is 1. The highest BCUT2D eigenvalue weighted by Gasteiger charge is 2.15. The molecule has 0 saturated carbocycles. The Balaban J connectivity index is 1.73. The summed E-state index contributed by atoms with van der Waals surface area (Å²) < 4.78 is 0. The molecule has 1 nitrogen and oxygen atoms in total. The van der Waals surface area contributed by atoms with Crippen molar-refractivity contribution in [2.75, 3.05) is 4.90 Å². The van der Waals surface area contributed by atoms with Gasteiger partial charge in [-0.25, -0.2) is 0 Å². The molecule has 4 rings (SSSR count). The molecule has 0 unspecified atom stereocenters. The van der Waals surface area contributed by atoms with E-state index in [2.05, 4.69) is 137 Å². The lowest BCUT2D eigenvalue weighted by atomic mass is 9.85. The Bertz CT molecular complexity index is 1100. The zero-order valence-electron chi connectivity index (χ0n) is 19.2. The lowest BCUT2D eigenvalue weighted by molar-refractivity contribution is 0.590. The number of aryl methyl sites for hydroxylation is 2. The van der Waals surface area contributed by atoms with E-state index in [9.17, 15) is 0 Å². The first-order chi connectivity index (χ1) is 14.8. The van der Waals surface area contributed by atoms with Crippen LogP contribution in [0.5, 0.6) is 0 Å². The largest absolute Gasteiger partial charge is 0.311 e. The zero-order valence-corrected chi connectivity index (χ0v) is 19.2. The van der Waals surface area contributed by atoms with Gasteiger partial charge in [-0.15, -0.1) is 0 Å². The normalized spacial score (nSPS) is 11.4. The van der Waals surface area contributed by atoms with E-state index < -0.39 is 0 Å². The van der Waals surface area contributed by atoms with Gasteiger partial charge in [-0.1, -0.05) is 92.6 Å². The van der Waals surface area contributed by atoms with Gasteiger partial charge in [-0.3, -0.25) is 0 Å². The Morgan fingerprint density at radius 2 is 0.968 bits per heavy atom. The summed E-state index contributed by atoms with van der Waals surface area (Å²) in [4.78, 5) is 2.31. The monoisotopic (exact) mass is 405 g/mol. The minimum absolute atomic E-state index is 0.142. The summed E-state index contributed by atoms with van der Waals surface area (Å²) in [5.74, 6) is 0. The van der Waals surface area contributed by atoms with Crippen LogP contribution >= 0.6 is 0 Å². The second-order valence-electron chi connectivity index (χ2n) is 9.38. The van der Waals surface area contributed by atoms with Gasteiger partial charge in [-0.05, 0) is 72.4 Å². The third-order valence-corrected chi connectivity index (χ3v) is 5.77. The van der Waals surface area contributed by atoms with Crippen LogP contribution in [0.25, 0.3) is 11.1 Å². The van der Waals surface area contributed by atoms with Crippen LogP contribution in [-0.4, -0.2) is 0 Å². The van der Waals surface area contributed by atoms with E-state index in [4.69, 9.17) is 0 Å². The van der Waals surface area contributed by atoms with Crippen molar-refractivity contribution in [1.29, 1.82) is 0 Å². The van der Waals surface area contributed by atoms with Crippen LogP contribution < -0.4 is 4.90 Å². The SMILES string of the molecule is Cc1ccc(N(c2ccc(C)cc2)c2ccc(-c3cccc(C(C)(C)C)c3)cc2)cc1. The fraction of sp³-hybridized carbons (Fsp3) is 0.200. The molecular formula is C30H31N. The maximum atomic E-state index is 2.31. The van der Waals surface area contributed by atoms with Crippen LogP contribution in [0, 0.1) is 13.8 Å². The highest BCUT2D eigenvalue weighted by atomic mass is 15.1. The molecule has 0 amide bonds. The van der Waals surface area contributed by atoms with Gasteiger partial charge in [0.1, 0.15) is 0 Å². The molecule has 156 valence electrons. The molecule has 0 aliphatic carbocycles. The van der Waals surface area contributed by atoms with Crippen molar-refractivity contribution < 1.29 is 0 Å². The van der Waals surface area contributed by atoms with Gasteiger partial charge in [0.25, 0.3) is 0 Å². The van der Waals surface area contributed by atoms with Gasteiger partial charge in [0, 0.05) is 17.1 Å². The summed E-state index contributed by atoms with van der Waals surface area (Å²) in [7, 11) is 0. The van der Waals surface area contributed by atoms with Crippen molar-refractivity contribution in [1.82, 2.24) is 0 Å². The molecule has 0 atom stereocenters. The van der Waals surface area contributed by atoms with E-state index in [1.165, 1.54) is 27.8 Å². The Kier molecular flexibility index (Phi) is 5.69. The lowest BCUT2D eigenvalue weighted by Gasteiger charge is -2.26. The topological polar surface area (TPSA) is 3.24 Å². The first-order valence-electron chi connectivity index (χ1n) is 11.0. The number of rotatable bonds is 4. The van der Waals surface area contributed by atoms with Crippen molar-refractivity contribution in [3.05, 3.63) is 114 Å². The van der Waals surface area contributed by atoms with Crippen LogP contribution in [0.2, 0.25) is 0 Å². The summed E-state index contributed by atoms with van der Waals surface area (Å²) in [5.41, 5.74) is 10.0. The average Bonchev–Trinajstić information content (AvgIpc) is 2.77. The molecule has 4 aromatic rings. The molecular weight excluding hydrogens is 374 g/mol. The van der Waals surface area contributed by atoms with E-state index in [0.717, 1.165) is 17.1 Å². The maximum Gasteiger partial charge on any atom is 0.0462 e. The molecule has 1 heteroatoms. The number of hydrogen-bond donors (Lipinski definition) is 0. The van der Waals surface area contributed by atoms with Crippen molar-refractivity contribution in [2.24, 2.45) is 0 Å². The predicted molar refractivity (Wildman–Crippen MR) is 135 cm³/mol. The van der Waals surface area contributed by atoms with E-state index in [0.29, 0.717) is 0 Å². The fourth-order valence-electron chi connectivity index (χ4n) is 3.80. The third kappa shape index (κ3) is 4.72. The summed E-state index contributed by atoms with van der Waals surface area (Å²) in [5, 5.41) is 0. The molecule has 0 saturated heterocycles. The predicted octanol–water partition coefficient (Wildman–Crippen LogP) is 8.74. The lowest BCUT2D eigenvalue weighted by Crippen LogP contribution is -2.11. The van der Waals surface area contributed by atoms with Gasteiger partial charge in [0.15, 0.2) is 0 Å². The molecule has 0 heterocycles. The van der Waals surface area contributed by atoms with Crippen LogP contribution in [-0.2, 0) is 5.41 Å². The second-order valence-corrected chi connectivity index (χ2v) is 9.38. The Hall–Kier alpha value is -3.32. The molecule has 0 N–H and O–H groups in total. The van der Waals surface area contributed by atoms with Crippen LogP contribution in [0.3, 0.4) is 0 Å². The Morgan fingerprint density at radius 1 is 0.516 bits per heavy atom. The number of benzene rings is 4. The smallest absolute Gasteiger partial charge is 0.0462 e. The second kappa shape index (κ2) is 8.43. The van der Waals surface area contributed by atoms with Crippen LogP contribution in [0.15, 0.2) is 97.1 Å². The summed E-state index contributed by atoms with van der Waals surface area (Å²) in [6.07, 6.45) is 0. The van der Waals surface area contributed by atoms with Crippen molar-refractivity contribution in [3.63, 3.8) is 0 Å². The maximum absolute atomic E-state index is 2.31.